The van der Waals surface area contributed by atoms with Gasteiger partial charge in [-0.1, -0.05) is 30.7 Å². The van der Waals surface area contributed by atoms with Crippen molar-refractivity contribution in [1.82, 2.24) is 9.97 Å². The Kier molecular flexibility index (Phi) is 8.65. The molecule has 3 rings (SSSR count). The minimum Gasteiger partial charge on any atom is -0.489 e. The molecule has 1 aromatic carbocycles. The van der Waals surface area contributed by atoms with E-state index in [1.165, 1.54) is 6.33 Å². The van der Waals surface area contributed by atoms with Gasteiger partial charge in [0.25, 0.3) is 0 Å². The molecule has 0 saturated carbocycles. The zero-order chi connectivity index (χ0) is 24.9. The maximum atomic E-state index is 12.4. The van der Waals surface area contributed by atoms with Crippen LogP contribution < -0.4 is 14.4 Å². The van der Waals surface area contributed by atoms with Gasteiger partial charge in [-0.3, -0.25) is 4.79 Å². The van der Waals surface area contributed by atoms with Crippen LogP contribution in [0, 0.1) is 0 Å². The van der Waals surface area contributed by atoms with Gasteiger partial charge in [0.15, 0.2) is 5.82 Å². The first-order valence-electron chi connectivity index (χ1n) is 11.2. The van der Waals surface area contributed by atoms with Gasteiger partial charge in [-0.05, 0) is 31.5 Å². The molecule has 2 heterocycles. The second kappa shape index (κ2) is 11.3. The Morgan fingerprint density at radius 3 is 2.65 bits per heavy atom. The Bertz CT molecular complexity index is 970. The van der Waals surface area contributed by atoms with E-state index >= 15 is 0 Å². The van der Waals surface area contributed by atoms with Crippen LogP contribution in [0.2, 0.25) is 5.02 Å². The molecule has 0 radical (unpaired) electrons. The van der Waals surface area contributed by atoms with E-state index in [-0.39, 0.29) is 35.8 Å². The highest BCUT2D eigenvalue weighted by Crippen LogP contribution is 2.33. The summed E-state index contributed by atoms with van der Waals surface area (Å²) < 4.78 is 36.4. The van der Waals surface area contributed by atoms with Crippen LogP contribution in [-0.2, 0) is 4.79 Å². The fraction of sp³-hybridized carbons (Fsp3) is 0.542. The number of carbonyl (C=O) groups excluding carboxylic acids is 1. The van der Waals surface area contributed by atoms with Crippen LogP contribution in [0.4, 0.5) is 14.6 Å². The number of aliphatic hydroxyl groups is 1. The quantitative estimate of drug-likeness (QED) is 0.483. The zero-order valence-corrected chi connectivity index (χ0v) is 20.3. The van der Waals surface area contributed by atoms with E-state index in [0.29, 0.717) is 24.7 Å². The summed E-state index contributed by atoms with van der Waals surface area (Å²) in [6.07, 6.45) is -0.983. The summed E-state index contributed by atoms with van der Waals surface area (Å²) in [6.45, 7) is 6.27. The number of aromatic nitrogens is 2. The number of carbonyl (C=O) groups is 1. The lowest BCUT2D eigenvalue weighted by atomic mass is 9.94. The third kappa shape index (κ3) is 7.24. The number of ether oxygens (including phenoxy) is 2. The normalized spacial score (nSPS) is 17.2. The van der Waals surface area contributed by atoms with Gasteiger partial charge in [0.1, 0.15) is 35.6 Å². The van der Waals surface area contributed by atoms with Gasteiger partial charge >= 0.3 is 0 Å². The standard InChI is InChI=1S/C24H30ClF2N3O4/c1-15(19(31)8-9-20(26)27)16-4-6-17(7-5-16)34-18-10-11-30(12-18)22-21(25)23(29-14-28-22)33-13-24(2,3)32/h4-7,14-15,18,20,32H,8-13H2,1-3H3. The molecule has 2 atom stereocenters. The molecule has 2 unspecified atom stereocenters. The molecule has 0 bridgehead atoms. The predicted octanol–water partition coefficient (Wildman–Crippen LogP) is 4.66. The van der Waals surface area contributed by atoms with E-state index in [1.54, 1.807) is 45.0 Å². The second-order valence-corrected chi connectivity index (χ2v) is 9.46. The van der Waals surface area contributed by atoms with Crippen molar-refractivity contribution in [3.8, 4) is 11.6 Å². The third-order valence-corrected chi connectivity index (χ3v) is 5.85. The van der Waals surface area contributed by atoms with Gasteiger partial charge in [0.05, 0.1) is 12.1 Å². The molecule has 10 heteroatoms. The maximum Gasteiger partial charge on any atom is 0.239 e. The van der Waals surface area contributed by atoms with Crippen molar-refractivity contribution in [2.24, 2.45) is 0 Å². The molecule has 1 aromatic heterocycles. The first-order chi connectivity index (χ1) is 16.0. The monoisotopic (exact) mass is 497 g/mol. The predicted molar refractivity (Wildman–Crippen MR) is 125 cm³/mol. The smallest absolute Gasteiger partial charge is 0.239 e. The van der Waals surface area contributed by atoms with E-state index in [1.807, 2.05) is 4.90 Å². The van der Waals surface area contributed by atoms with Crippen molar-refractivity contribution < 1.29 is 28.2 Å². The fourth-order valence-electron chi connectivity index (χ4n) is 3.61. The summed E-state index contributed by atoms with van der Waals surface area (Å²) in [7, 11) is 0. The van der Waals surface area contributed by atoms with Gasteiger partial charge < -0.3 is 19.5 Å². The lowest BCUT2D eigenvalue weighted by molar-refractivity contribution is -0.120. The fourth-order valence-corrected chi connectivity index (χ4v) is 3.88. The van der Waals surface area contributed by atoms with Gasteiger partial charge in [0, 0.05) is 31.7 Å². The van der Waals surface area contributed by atoms with Crippen LogP contribution in [0.5, 0.6) is 11.6 Å². The van der Waals surface area contributed by atoms with Gasteiger partial charge in [-0.15, -0.1) is 0 Å². The van der Waals surface area contributed by atoms with Crippen molar-refractivity contribution in [2.75, 3.05) is 24.6 Å². The average molecular weight is 498 g/mol. The highest BCUT2D eigenvalue weighted by atomic mass is 35.5. The van der Waals surface area contributed by atoms with Crippen molar-refractivity contribution in [3.05, 3.63) is 41.2 Å². The molecule has 2 aromatic rings. The first kappa shape index (κ1) is 26.1. The number of nitrogens with zero attached hydrogens (tertiary/aromatic N) is 3. The number of rotatable bonds is 11. The molecule has 186 valence electrons. The summed E-state index contributed by atoms with van der Waals surface area (Å²) in [5, 5.41) is 10.1. The van der Waals surface area contributed by atoms with E-state index in [9.17, 15) is 18.7 Å². The van der Waals surface area contributed by atoms with E-state index < -0.39 is 24.4 Å². The van der Waals surface area contributed by atoms with Crippen LogP contribution in [-0.4, -0.2) is 58.7 Å². The molecule has 0 spiro atoms. The Hall–Kier alpha value is -2.52. The summed E-state index contributed by atoms with van der Waals surface area (Å²) in [4.78, 5) is 22.4. The number of Topliss-reactive ketones (excluding diaryl/α,β-unsaturated/α-hetero) is 1. The van der Waals surface area contributed by atoms with E-state index in [0.717, 1.165) is 12.0 Å². The Labute approximate surface area is 203 Å². The number of anilines is 1. The van der Waals surface area contributed by atoms with Crippen molar-refractivity contribution in [2.45, 2.75) is 64.1 Å². The summed E-state index contributed by atoms with van der Waals surface area (Å²) in [5.74, 6) is 0.771. The number of ketones is 1. The van der Waals surface area contributed by atoms with Crippen LogP contribution >= 0.6 is 11.6 Å². The molecule has 1 N–H and O–H groups in total. The number of halogens is 3. The second-order valence-electron chi connectivity index (χ2n) is 9.08. The van der Waals surface area contributed by atoms with Gasteiger partial charge in [-0.2, -0.15) is 0 Å². The van der Waals surface area contributed by atoms with Crippen molar-refractivity contribution in [3.63, 3.8) is 0 Å². The maximum absolute atomic E-state index is 12.4. The van der Waals surface area contributed by atoms with Gasteiger partial charge in [0.2, 0.25) is 12.3 Å². The van der Waals surface area contributed by atoms with E-state index in [4.69, 9.17) is 21.1 Å². The highest BCUT2D eigenvalue weighted by Gasteiger charge is 2.28. The van der Waals surface area contributed by atoms with Crippen LogP contribution in [0.3, 0.4) is 0 Å². The molecule has 1 aliphatic rings. The highest BCUT2D eigenvalue weighted by molar-refractivity contribution is 6.34. The molecule has 7 nitrogen and oxygen atoms in total. The van der Waals surface area contributed by atoms with Crippen molar-refractivity contribution in [1.29, 1.82) is 0 Å². The number of hydrogen-bond donors (Lipinski definition) is 1. The summed E-state index contributed by atoms with van der Waals surface area (Å²) in [6, 6.07) is 7.16. The van der Waals surface area contributed by atoms with Crippen LogP contribution in [0.1, 0.15) is 51.5 Å². The molecule has 1 fully saturated rings. The molecular formula is C24H30ClF2N3O4. The lowest BCUT2D eigenvalue weighted by Crippen LogP contribution is -2.29. The average Bonchev–Trinajstić information content (AvgIpc) is 3.24. The zero-order valence-electron chi connectivity index (χ0n) is 19.5. The largest absolute Gasteiger partial charge is 0.489 e. The molecular weight excluding hydrogens is 468 g/mol. The molecule has 1 saturated heterocycles. The number of benzene rings is 1. The molecule has 34 heavy (non-hydrogen) atoms. The minimum atomic E-state index is -2.47. The minimum absolute atomic E-state index is 0.0430. The van der Waals surface area contributed by atoms with Crippen LogP contribution in [0.15, 0.2) is 30.6 Å². The van der Waals surface area contributed by atoms with Crippen LogP contribution in [0.25, 0.3) is 0 Å². The summed E-state index contributed by atoms with van der Waals surface area (Å²) in [5.41, 5.74) is -0.251. The number of alkyl halides is 2. The SMILES string of the molecule is CC(C(=O)CCC(F)F)c1ccc(OC2CCN(c3ncnc(OCC(C)(C)O)c3Cl)C2)cc1. The Morgan fingerprint density at radius 1 is 1.29 bits per heavy atom. The Morgan fingerprint density at radius 2 is 2.00 bits per heavy atom. The topological polar surface area (TPSA) is 84.8 Å². The third-order valence-electron chi connectivity index (χ3n) is 5.52. The Balaban J connectivity index is 1.57. The summed E-state index contributed by atoms with van der Waals surface area (Å²) >= 11 is 6.45. The van der Waals surface area contributed by atoms with Crippen molar-refractivity contribution >= 4 is 23.2 Å². The molecule has 1 aliphatic heterocycles. The molecule has 0 aliphatic carbocycles. The lowest BCUT2D eigenvalue weighted by Gasteiger charge is -2.21. The first-order valence-corrected chi connectivity index (χ1v) is 11.6. The van der Waals surface area contributed by atoms with E-state index in [2.05, 4.69) is 9.97 Å². The van der Waals surface area contributed by atoms with Gasteiger partial charge in [-0.25, -0.2) is 18.7 Å². The molecule has 0 amide bonds. The number of hydrogen-bond acceptors (Lipinski definition) is 7.